The van der Waals surface area contributed by atoms with E-state index in [4.69, 9.17) is 16.7 Å². The highest BCUT2D eigenvalue weighted by Crippen LogP contribution is 2.35. The van der Waals surface area contributed by atoms with Crippen LogP contribution in [-0.4, -0.2) is 17.2 Å². The molecular formula is C15H10ClF3N2O2. The van der Waals surface area contributed by atoms with E-state index in [-0.39, 0.29) is 16.9 Å². The maximum Gasteiger partial charge on any atom is 0.417 e. The van der Waals surface area contributed by atoms with Crippen LogP contribution in [0.15, 0.2) is 47.6 Å². The second-order valence-electron chi connectivity index (χ2n) is 4.45. The average Bonchev–Trinajstić information content (AvgIpc) is 2.48. The molecule has 120 valence electrons. The maximum absolute atomic E-state index is 12.7. The number of phenolic OH excluding ortho intramolecular Hbond substituents is 1. The fourth-order valence-corrected chi connectivity index (χ4v) is 1.99. The molecule has 0 aromatic heterocycles. The van der Waals surface area contributed by atoms with Gasteiger partial charge >= 0.3 is 6.18 Å². The van der Waals surface area contributed by atoms with Crippen molar-refractivity contribution in [3.8, 4) is 5.75 Å². The first-order chi connectivity index (χ1) is 10.8. The second-order valence-corrected chi connectivity index (χ2v) is 4.83. The number of amides is 1. The molecule has 23 heavy (non-hydrogen) atoms. The van der Waals surface area contributed by atoms with Crippen LogP contribution in [0.3, 0.4) is 0 Å². The van der Waals surface area contributed by atoms with Gasteiger partial charge in [-0.2, -0.15) is 18.3 Å². The molecule has 0 spiro atoms. The lowest BCUT2D eigenvalue weighted by atomic mass is 10.1. The SMILES string of the molecule is O=C(N/N=C/c1cccc(C(F)(F)F)c1Cl)c1ccc(O)cc1. The Morgan fingerprint density at radius 1 is 1.17 bits per heavy atom. The van der Waals surface area contributed by atoms with Crippen LogP contribution in [0.1, 0.15) is 21.5 Å². The molecule has 0 aliphatic rings. The highest BCUT2D eigenvalue weighted by molar-refractivity contribution is 6.34. The minimum absolute atomic E-state index is 0.000740. The Hall–Kier alpha value is -2.54. The van der Waals surface area contributed by atoms with E-state index in [1.165, 1.54) is 36.4 Å². The van der Waals surface area contributed by atoms with E-state index < -0.39 is 22.7 Å². The number of aromatic hydroxyl groups is 1. The van der Waals surface area contributed by atoms with E-state index in [0.29, 0.717) is 0 Å². The fourth-order valence-electron chi connectivity index (χ4n) is 1.71. The fraction of sp³-hybridized carbons (Fsp3) is 0.0667. The molecule has 2 aromatic rings. The van der Waals surface area contributed by atoms with Gasteiger partial charge in [0.05, 0.1) is 16.8 Å². The third-order valence-electron chi connectivity index (χ3n) is 2.83. The van der Waals surface area contributed by atoms with Crippen LogP contribution in [0.25, 0.3) is 0 Å². The first-order valence-electron chi connectivity index (χ1n) is 6.27. The quantitative estimate of drug-likeness (QED) is 0.658. The molecule has 0 aliphatic heterocycles. The predicted molar refractivity (Wildman–Crippen MR) is 79.6 cm³/mol. The Kier molecular flexibility index (Phi) is 4.90. The molecule has 2 aromatic carbocycles. The predicted octanol–water partition coefficient (Wildman–Crippen LogP) is 3.83. The van der Waals surface area contributed by atoms with Crippen molar-refractivity contribution < 1.29 is 23.1 Å². The van der Waals surface area contributed by atoms with Crippen LogP contribution in [0, 0.1) is 0 Å². The monoisotopic (exact) mass is 342 g/mol. The number of phenols is 1. The van der Waals surface area contributed by atoms with Crippen molar-refractivity contribution >= 4 is 23.7 Å². The van der Waals surface area contributed by atoms with E-state index >= 15 is 0 Å². The van der Waals surface area contributed by atoms with E-state index in [0.717, 1.165) is 12.3 Å². The Balaban J connectivity index is 2.12. The number of alkyl halides is 3. The third kappa shape index (κ3) is 4.23. The summed E-state index contributed by atoms with van der Waals surface area (Å²) in [6.07, 6.45) is -3.55. The molecule has 0 aliphatic carbocycles. The van der Waals surface area contributed by atoms with Gasteiger partial charge in [-0.1, -0.05) is 23.7 Å². The van der Waals surface area contributed by atoms with Crippen molar-refractivity contribution in [3.05, 3.63) is 64.2 Å². The standard InChI is InChI=1S/C15H10ClF3N2O2/c16-13-10(2-1-3-12(13)15(17,18)19)8-20-21-14(23)9-4-6-11(22)7-5-9/h1-8,22H,(H,21,23)/b20-8+. The lowest BCUT2D eigenvalue weighted by Crippen LogP contribution is -2.17. The van der Waals surface area contributed by atoms with Crippen LogP contribution in [0.5, 0.6) is 5.75 Å². The number of hydrazone groups is 1. The lowest BCUT2D eigenvalue weighted by molar-refractivity contribution is -0.137. The van der Waals surface area contributed by atoms with Gasteiger partial charge in [-0.15, -0.1) is 0 Å². The first kappa shape index (κ1) is 16.8. The number of nitrogens with one attached hydrogen (secondary N) is 1. The smallest absolute Gasteiger partial charge is 0.417 e. The van der Waals surface area contributed by atoms with E-state index in [9.17, 15) is 18.0 Å². The molecule has 2 rings (SSSR count). The Morgan fingerprint density at radius 2 is 1.83 bits per heavy atom. The molecule has 0 fully saturated rings. The van der Waals surface area contributed by atoms with Crippen LogP contribution in [0.2, 0.25) is 5.02 Å². The van der Waals surface area contributed by atoms with E-state index in [1.54, 1.807) is 0 Å². The Bertz CT molecular complexity index is 743. The molecule has 0 heterocycles. The zero-order valence-corrected chi connectivity index (χ0v) is 12.2. The third-order valence-corrected chi connectivity index (χ3v) is 3.26. The number of carbonyl (C=O) groups excluding carboxylic acids is 1. The van der Waals surface area contributed by atoms with Crippen molar-refractivity contribution in [2.24, 2.45) is 5.10 Å². The molecule has 0 saturated carbocycles. The van der Waals surface area contributed by atoms with Crippen molar-refractivity contribution in [1.29, 1.82) is 0 Å². The minimum Gasteiger partial charge on any atom is -0.508 e. The average molecular weight is 343 g/mol. The molecule has 1 amide bonds. The minimum atomic E-state index is -4.57. The van der Waals surface area contributed by atoms with Gasteiger partial charge in [0.25, 0.3) is 5.91 Å². The summed E-state index contributed by atoms with van der Waals surface area (Å²) in [6.45, 7) is 0. The van der Waals surface area contributed by atoms with Gasteiger partial charge in [-0.25, -0.2) is 5.43 Å². The van der Waals surface area contributed by atoms with Crippen molar-refractivity contribution in [2.75, 3.05) is 0 Å². The molecule has 4 nitrogen and oxygen atoms in total. The van der Waals surface area contributed by atoms with Crippen LogP contribution < -0.4 is 5.43 Å². The number of nitrogens with zero attached hydrogens (tertiary/aromatic N) is 1. The van der Waals surface area contributed by atoms with Crippen molar-refractivity contribution in [3.63, 3.8) is 0 Å². The molecule has 2 N–H and O–H groups in total. The molecule has 0 atom stereocenters. The van der Waals surface area contributed by atoms with Gasteiger partial charge in [-0.05, 0) is 30.3 Å². The van der Waals surface area contributed by atoms with Gasteiger partial charge in [-0.3, -0.25) is 4.79 Å². The summed E-state index contributed by atoms with van der Waals surface area (Å²) in [5.74, 6) is -0.579. The summed E-state index contributed by atoms with van der Waals surface area (Å²) in [5.41, 5.74) is 1.43. The summed E-state index contributed by atoms with van der Waals surface area (Å²) < 4.78 is 38.1. The van der Waals surface area contributed by atoms with E-state index in [1.807, 2.05) is 0 Å². The normalized spacial score (nSPS) is 11.7. The largest absolute Gasteiger partial charge is 0.508 e. The molecule has 0 radical (unpaired) electrons. The Morgan fingerprint density at radius 3 is 2.43 bits per heavy atom. The molecule has 8 heteroatoms. The van der Waals surface area contributed by atoms with Gasteiger partial charge in [0.2, 0.25) is 0 Å². The molecule has 0 saturated heterocycles. The maximum atomic E-state index is 12.7. The molecule has 0 unspecified atom stereocenters. The first-order valence-corrected chi connectivity index (χ1v) is 6.65. The zero-order valence-electron chi connectivity index (χ0n) is 11.4. The number of carbonyl (C=O) groups is 1. The van der Waals surface area contributed by atoms with Gasteiger partial charge < -0.3 is 5.11 Å². The number of halogens is 4. The number of hydrogen-bond donors (Lipinski definition) is 2. The zero-order chi connectivity index (χ0) is 17.0. The number of hydrogen-bond acceptors (Lipinski definition) is 3. The van der Waals surface area contributed by atoms with Gasteiger partial charge in [0.1, 0.15) is 5.75 Å². The second kappa shape index (κ2) is 6.70. The number of rotatable bonds is 3. The summed E-state index contributed by atoms with van der Waals surface area (Å²) in [7, 11) is 0. The van der Waals surface area contributed by atoms with Gasteiger partial charge in [0, 0.05) is 11.1 Å². The summed E-state index contributed by atoms with van der Waals surface area (Å²) in [5, 5.41) is 12.2. The van der Waals surface area contributed by atoms with Gasteiger partial charge in [0.15, 0.2) is 0 Å². The number of benzene rings is 2. The Labute approximate surface area is 134 Å². The molecule has 0 bridgehead atoms. The van der Waals surface area contributed by atoms with Crippen molar-refractivity contribution in [2.45, 2.75) is 6.18 Å². The highest BCUT2D eigenvalue weighted by atomic mass is 35.5. The topological polar surface area (TPSA) is 61.7 Å². The van der Waals surface area contributed by atoms with Crippen LogP contribution >= 0.6 is 11.6 Å². The summed E-state index contributed by atoms with van der Waals surface area (Å²) in [6, 6.07) is 8.78. The molecular weight excluding hydrogens is 333 g/mol. The van der Waals surface area contributed by atoms with E-state index in [2.05, 4.69) is 10.5 Å². The van der Waals surface area contributed by atoms with Crippen LogP contribution in [0.4, 0.5) is 13.2 Å². The summed E-state index contributed by atoms with van der Waals surface area (Å²) >= 11 is 5.69. The summed E-state index contributed by atoms with van der Waals surface area (Å²) in [4.78, 5) is 11.7. The van der Waals surface area contributed by atoms with Crippen LogP contribution in [-0.2, 0) is 6.18 Å². The van der Waals surface area contributed by atoms with Crippen molar-refractivity contribution in [1.82, 2.24) is 5.43 Å². The lowest BCUT2D eigenvalue weighted by Gasteiger charge is -2.10. The highest BCUT2D eigenvalue weighted by Gasteiger charge is 2.33.